The first-order valence-corrected chi connectivity index (χ1v) is 6.47. The van der Waals surface area contributed by atoms with E-state index in [0.29, 0.717) is 18.1 Å². The van der Waals surface area contributed by atoms with E-state index in [2.05, 4.69) is 26.1 Å². The highest BCUT2D eigenvalue weighted by molar-refractivity contribution is 6.00. The number of carbonyl (C=O) groups is 1. The highest BCUT2D eigenvalue weighted by Crippen LogP contribution is 2.22. The lowest BCUT2D eigenvalue weighted by Gasteiger charge is -2.27. The third-order valence-corrected chi connectivity index (χ3v) is 3.76. The second-order valence-corrected chi connectivity index (χ2v) is 5.22. The van der Waals surface area contributed by atoms with E-state index in [-0.39, 0.29) is 11.8 Å². The Bertz CT molecular complexity index is 344. The summed E-state index contributed by atoms with van der Waals surface area (Å²) in [6.45, 7) is 9.09. The number of amides is 1. The molecule has 0 aromatic heterocycles. The first-order valence-electron chi connectivity index (χ1n) is 6.47. The summed E-state index contributed by atoms with van der Waals surface area (Å²) >= 11 is 0. The first-order chi connectivity index (χ1) is 7.95. The molecule has 1 fully saturated rings. The SMILES string of the molecule is CCC(C)=C(C)C(=N)CC1CC(C)CNC1=O. The smallest absolute Gasteiger partial charge is 0.223 e. The quantitative estimate of drug-likeness (QED) is 0.724. The summed E-state index contributed by atoms with van der Waals surface area (Å²) < 4.78 is 0. The lowest BCUT2D eigenvalue weighted by Crippen LogP contribution is -2.41. The standard InChI is InChI=1S/C14H24N2O/c1-5-10(3)11(4)13(15)7-12-6-9(2)8-16-14(12)17/h9,12,15H,5-8H2,1-4H3,(H,16,17). The zero-order valence-corrected chi connectivity index (χ0v) is 11.4. The molecular formula is C14H24N2O. The van der Waals surface area contributed by atoms with Gasteiger partial charge in [0.05, 0.1) is 0 Å². The van der Waals surface area contributed by atoms with E-state index in [4.69, 9.17) is 5.41 Å². The number of hydrogen-bond acceptors (Lipinski definition) is 2. The van der Waals surface area contributed by atoms with Crippen LogP contribution < -0.4 is 5.32 Å². The van der Waals surface area contributed by atoms with Crippen LogP contribution in [-0.4, -0.2) is 18.2 Å². The average molecular weight is 236 g/mol. The van der Waals surface area contributed by atoms with Crippen LogP contribution in [0, 0.1) is 17.2 Å². The molecule has 1 aliphatic rings. The van der Waals surface area contributed by atoms with Crippen LogP contribution in [0.1, 0.15) is 47.0 Å². The van der Waals surface area contributed by atoms with E-state index in [1.54, 1.807) is 0 Å². The van der Waals surface area contributed by atoms with Crippen LogP contribution in [0.25, 0.3) is 0 Å². The van der Waals surface area contributed by atoms with Crippen molar-refractivity contribution in [1.82, 2.24) is 5.32 Å². The Labute approximate surface area is 104 Å². The van der Waals surface area contributed by atoms with Crippen molar-refractivity contribution >= 4 is 11.6 Å². The molecule has 2 unspecified atom stereocenters. The van der Waals surface area contributed by atoms with E-state index in [1.807, 2.05) is 6.92 Å². The molecule has 1 amide bonds. The molecule has 17 heavy (non-hydrogen) atoms. The molecule has 0 aromatic rings. The number of hydrogen-bond donors (Lipinski definition) is 2. The first kappa shape index (κ1) is 13.9. The molecule has 1 rings (SSSR count). The molecule has 0 saturated carbocycles. The van der Waals surface area contributed by atoms with Crippen molar-refractivity contribution in [3.05, 3.63) is 11.1 Å². The molecule has 0 radical (unpaired) electrons. The van der Waals surface area contributed by atoms with Gasteiger partial charge in [-0.2, -0.15) is 0 Å². The molecule has 1 aliphatic heterocycles. The fraction of sp³-hybridized carbons (Fsp3) is 0.714. The Morgan fingerprint density at radius 3 is 2.71 bits per heavy atom. The summed E-state index contributed by atoms with van der Waals surface area (Å²) in [5.74, 6) is 0.641. The molecular weight excluding hydrogens is 212 g/mol. The van der Waals surface area contributed by atoms with Gasteiger partial charge in [-0.3, -0.25) is 4.79 Å². The van der Waals surface area contributed by atoms with Gasteiger partial charge in [0.2, 0.25) is 5.91 Å². The third kappa shape index (κ3) is 3.69. The van der Waals surface area contributed by atoms with Crippen molar-refractivity contribution in [3.63, 3.8) is 0 Å². The number of nitrogens with one attached hydrogen (secondary N) is 2. The molecule has 96 valence electrons. The Morgan fingerprint density at radius 2 is 2.12 bits per heavy atom. The number of carbonyl (C=O) groups excluding carboxylic acids is 1. The summed E-state index contributed by atoms with van der Waals surface area (Å²) in [6, 6.07) is 0. The van der Waals surface area contributed by atoms with Gasteiger partial charge in [-0.25, -0.2) is 0 Å². The van der Waals surface area contributed by atoms with Crippen molar-refractivity contribution in [1.29, 1.82) is 5.41 Å². The molecule has 2 N–H and O–H groups in total. The van der Waals surface area contributed by atoms with Crippen molar-refractivity contribution in [2.45, 2.75) is 47.0 Å². The van der Waals surface area contributed by atoms with Gasteiger partial charge in [-0.1, -0.05) is 19.4 Å². The summed E-state index contributed by atoms with van der Waals surface area (Å²) in [6.07, 6.45) is 2.47. The Kier molecular flexibility index (Phi) is 4.91. The summed E-state index contributed by atoms with van der Waals surface area (Å²) in [4.78, 5) is 11.7. The molecule has 0 spiro atoms. The van der Waals surface area contributed by atoms with Crippen molar-refractivity contribution in [2.24, 2.45) is 11.8 Å². The van der Waals surface area contributed by atoms with Crippen LogP contribution in [0.2, 0.25) is 0 Å². The fourth-order valence-corrected chi connectivity index (χ4v) is 2.19. The van der Waals surface area contributed by atoms with Gasteiger partial charge in [0.25, 0.3) is 0 Å². The predicted octanol–water partition coefficient (Wildman–Crippen LogP) is 2.91. The average Bonchev–Trinajstić information content (AvgIpc) is 2.31. The van der Waals surface area contributed by atoms with Gasteiger partial charge < -0.3 is 10.7 Å². The second kappa shape index (κ2) is 5.99. The van der Waals surface area contributed by atoms with Crippen LogP contribution in [0.5, 0.6) is 0 Å². The molecule has 0 bridgehead atoms. The largest absolute Gasteiger partial charge is 0.356 e. The second-order valence-electron chi connectivity index (χ2n) is 5.22. The lowest BCUT2D eigenvalue weighted by molar-refractivity contribution is -0.127. The van der Waals surface area contributed by atoms with E-state index < -0.39 is 0 Å². The van der Waals surface area contributed by atoms with Gasteiger partial charge >= 0.3 is 0 Å². The monoisotopic (exact) mass is 236 g/mol. The van der Waals surface area contributed by atoms with Crippen LogP contribution in [0.15, 0.2) is 11.1 Å². The maximum Gasteiger partial charge on any atom is 0.223 e. The minimum absolute atomic E-state index is 0.00847. The highest BCUT2D eigenvalue weighted by atomic mass is 16.1. The van der Waals surface area contributed by atoms with Gasteiger partial charge in [0, 0.05) is 24.6 Å². The van der Waals surface area contributed by atoms with Gasteiger partial charge in [0.1, 0.15) is 0 Å². The Balaban J connectivity index is 2.65. The van der Waals surface area contributed by atoms with E-state index in [0.717, 1.165) is 25.0 Å². The topological polar surface area (TPSA) is 53.0 Å². The minimum Gasteiger partial charge on any atom is -0.356 e. The van der Waals surface area contributed by atoms with Crippen LogP contribution in [-0.2, 0) is 4.79 Å². The highest BCUT2D eigenvalue weighted by Gasteiger charge is 2.27. The third-order valence-electron chi connectivity index (χ3n) is 3.76. The molecule has 0 aromatic carbocycles. The number of rotatable bonds is 4. The number of allylic oxidation sites excluding steroid dienone is 2. The van der Waals surface area contributed by atoms with Crippen LogP contribution >= 0.6 is 0 Å². The van der Waals surface area contributed by atoms with E-state index >= 15 is 0 Å². The van der Waals surface area contributed by atoms with Crippen molar-refractivity contribution in [3.8, 4) is 0 Å². The van der Waals surface area contributed by atoms with Crippen LogP contribution in [0.3, 0.4) is 0 Å². The molecule has 1 heterocycles. The lowest BCUT2D eigenvalue weighted by atomic mass is 9.85. The van der Waals surface area contributed by atoms with Crippen LogP contribution in [0.4, 0.5) is 0 Å². The Morgan fingerprint density at radius 1 is 1.47 bits per heavy atom. The van der Waals surface area contributed by atoms with Gasteiger partial charge in [-0.15, -0.1) is 0 Å². The molecule has 3 nitrogen and oxygen atoms in total. The summed E-state index contributed by atoms with van der Waals surface area (Å²) in [5.41, 5.74) is 2.93. The maximum absolute atomic E-state index is 11.7. The summed E-state index contributed by atoms with van der Waals surface area (Å²) in [5, 5.41) is 11.0. The molecule has 2 atom stereocenters. The van der Waals surface area contributed by atoms with Crippen molar-refractivity contribution < 1.29 is 4.79 Å². The fourth-order valence-electron chi connectivity index (χ4n) is 2.19. The number of piperidine rings is 1. The zero-order chi connectivity index (χ0) is 13.0. The molecule has 3 heteroatoms. The van der Waals surface area contributed by atoms with E-state index in [1.165, 1.54) is 5.57 Å². The van der Waals surface area contributed by atoms with E-state index in [9.17, 15) is 4.79 Å². The normalized spacial score (nSPS) is 26.2. The molecule has 0 aliphatic carbocycles. The maximum atomic E-state index is 11.7. The minimum atomic E-state index is -0.00847. The Hall–Kier alpha value is -1.12. The van der Waals surface area contributed by atoms with Gasteiger partial charge in [-0.05, 0) is 38.2 Å². The zero-order valence-electron chi connectivity index (χ0n) is 11.4. The molecule has 1 saturated heterocycles. The summed E-state index contributed by atoms with van der Waals surface area (Å²) in [7, 11) is 0. The van der Waals surface area contributed by atoms with Gasteiger partial charge in [0.15, 0.2) is 0 Å². The van der Waals surface area contributed by atoms with Crippen molar-refractivity contribution in [2.75, 3.05) is 6.54 Å². The predicted molar refractivity (Wildman–Crippen MR) is 71.3 cm³/mol.